The lowest BCUT2D eigenvalue weighted by Gasteiger charge is -2.40. The average Bonchev–Trinajstić information content (AvgIpc) is 3.27. The Bertz CT molecular complexity index is 1400. The molecule has 0 saturated carbocycles. The summed E-state index contributed by atoms with van der Waals surface area (Å²) >= 11 is 6.26. The van der Waals surface area contributed by atoms with Crippen molar-refractivity contribution in [2.24, 2.45) is 11.8 Å². The average molecular weight is 517 g/mol. The van der Waals surface area contributed by atoms with E-state index < -0.39 is 11.9 Å². The van der Waals surface area contributed by atoms with Gasteiger partial charge in [-0.2, -0.15) is 18.4 Å². The number of rotatable bonds is 2. The maximum atomic E-state index is 13.4. The molecule has 3 aromatic rings. The molecule has 2 aliphatic heterocycles. The molecule has 0 radical (unpaired) electrons. The zero-order valence-corrected chi connectivity index (χ0v) is 20.6. The van der Waals surface area contributed by atoms with E-state index in [2.05, 4.69) is 20.9 Å². The number of halogens is 4. The topological polar surface area (TPSA) is 78.1 Å². The lowest BCUT2D eigenvalue weighted by atomic mass is 9.85. The van der Waals surface area contributed by atoms with Gasteiger partial charge in [0, 0.05) is 48.7 Å². The molecule has 0 aliphatic carbocycles. The van der Waals surface area contributed by atoms with Crippen molar-refractivity contribution in [2.45, 2.75) is 39.5 Å². The molecular weight excluding hydrogens is 493 g/mol. The largest absolute Gasteiger partial charge is 0.434 e. The number of piperidine rings is 1. The van der Waals surface area contributed by atoms with Crippen molar-refractivity contribution < 1.29 is 18.0 Å². The van der Waals surface area contributed by atoms with Crippen LogP contribution in [0.3, 0.4) is 0 Å². The molecule has 11 heteroatoms. The number of carbonyl (C=O) groups excluding carboxylic acids is 1. The summed E-state index contributed by atoms with van der Waals surface area (Å²) in [6.07, 6.45) is -2.94. The maximum absolute atomic E-state index is 13.4. The van der Waals surface area contributed by atoms with Gasteiger partial charge in [-0.1, -0.05) is 18.5 Å². The Hall–Kier alpha value is -3.32. The lowest BCUT2D eigenvalue weighted by molar-refractivity contribution is -0.141. The van der Waals surface area contributed by atoms with Crippen molar-refractivity contribution in [1.29, 1.82) is 5.26 Å². The molecule has 1 saturated heterocycles. The van der Waals surface area contributed by atoms with Crippen LogP contribution < -0.4 is 4.90 Å². The highest BCUT2D eigenvalue weighted by molar-refractivity contribution is 6.31. The summed E-state index contributed by atoms with van der Waals surface area (Å²) in [5, 5.41) is 11.2. The zero-order chi connectivity index (χ0) is 25.8. The molecule has 5 rings (SSSR count). The number of alkyl halides is 3. The van der Waals surface area contributed by atoms with Crippen LogP contribution in [0.2, 0.25) is 5.02 Å². The highest BCUT2D eigenvalue weighted by Crippen LogP contribution is 2.37. The van der Waals surface area contributed by atoms with E-state index in [4.69, 9.17) is 11.6 Å². The molecule has 36 heavy (non-hydrogen) atoms. The first-order valence-corrected chi connectivity index (χ1v) is 12.1. The molecule has 1 amide bonds. The van der Waals surface area contributed by atoms with Crippen LogP contribution in [-0.4, -0.2) is 45.0 Å². The fourth-order valence-electron chi connectivity index (χ4n) is 5.33. The number of hydrogen-bond acceptors (Lipinski definition) is 5. The Kier molecular flexibility index (Phi) is 6.07. The predicted molar refractivity (Wildman–Crippen MR) is 128 cm³/mol. The Balaban J connectivity index is 1.36. The number of amides is 1. The van der Waals surface area contributed by atoms with Gasteiger partial charge >= 0.3 is 6.18 Å². The minimum Gasteiger partial charge on any atom is -0.370 e. The van der Waals surface area contributed by atoms with E-state index in [1.807, 2.05) is 19.1 Å². The van der Waals surface area contributed by atoms with Crippen molar-refractivity contribution >= 4 is 34.1 Å². The van der Waals surface area contributed by atoms with Crippen LogP contribution in [-0.2, 0) is 24.1 Å². The summed E-state index contributed by atoms with van der Waals surface area (Å²) in [6, 6.07) is 7.69. The minimum atomic E-state index is -4.51. The quantitative estimate of drug-likeness (QED) is 0.489. The third-order valence-corrected chi connectivity index (χ3v) is 7.39. The highest BCUT2D eigenvalue weighted by atomic mass is 35.5. The number of nitrogens with zero attached hydrogens (tertiary/aromatic N) is 6. The fraction of sp³-hybridized carbons (Fsp3) is 0.440. The second-order valence-corrected chi connectivity index (χ2v) is 9.94. The smallest absolute Gasteiger partial charge is 0.370 e. The normalized spacial score (nSPS) is 20.4. The van der Waals surface area contributed by atoms with E-state index >= 15 is 0 Å². The van der Waals surface area contributed by atoms with Crippen molar-refractivity contribution in [3.05, 3.63) is 52.2 Å². The molecular formula is C25H24ClF3N6O. The van der Waals surface area contributed by atoms with Gasteiger partial charge in [0.15, 0.2) is 5.69 Å². The van der Waals surface area contributed by atoms with Gasteiger partial charge in [-0.3, -0.25) is 9.78 Å². The van der Waals surface area contributed by atoms with E-state index in [0.29, 0.717) is 42.3 Å². The molecule has 2 atom stereocenters. The second-order valence-electron chi connectivity index (χ2n) is 9.51. The van der Waals surface area contributed by atoms with Crippen molar-refractivity contribution in [3.8, 4) is 6.07 Å². The van der Waals surface area contributed by atoms with Crippen LogP contribution in [0.15, 0.2) is 24.4 Å². The number of aryl methyl sites for hydroxylation is 1. The molecule has 0 spiro atoms. The third kappa shape index (κ3) is 4.26. The van der Waals surface area contributed by atoms with Gasteiger partial charge < -0.3 is 14.4 Å². The van der Waals surface area contributed by atoms with Crippen LogP contribution in [0, 0.1) is 30.1 Å². The first-order chi connectivity index (χ1) is 17.1. The van der Waals surface area contributed by atoms with E-state index in [0.717, 1.165) is 22.8 Å². The van der Waals surface area contributed by atoms with Crippen molar-refractivity contribution in [2.75, 3.05) is 24.5 Å². The van der Waals surface area contributed by atoms with E-state index in [1.165, 1.54) is 4.57 Å². The molecule has 188 valence electrons. The number of fused-ring (bicyclic) bond motifs is 2. The van der Waals surface area contributed by atoms with Gasteiger partial charge in [0.25, 0.3) is 0 Å². The SMILES string of the molecule is Cc1nc2ccc(Cl)cc2c(N2CC[C@H](C(=O)N3CCn4cc(C(F)(F)F)nc4C3)[C@H](C)C2)c1C#N. The van der Waals surface area contributed by atoms with E-state index in [-0.39, 0.29) is 36.7 Å². The predicted octanol–water partition coefficient (Wildman–Crippen LogP) is 4.79. The van der Waals surface area contributed by atoms with Crippen LogP contribution in [0.1, 0.15) is 36.1 Å². The number of hydrogen-bond donors (Lipinski definition) is 0. The summed E-state index contributed by atoms with van der Waals surface area (Å²) in [4.78, 5) is 25.4. The van der Waals surface area contributed by atoms with Crippen LogP contribution in [0.4, 0.5) is 18.9 Å². The summed E-state index contributed by atoms with van der Waals surface area (Å²) in [6.45, 7) is 5.60. The van der Waals surface area contributed by atoms with Gasteiger partial charge in [-0.15, -0.1) is 0 Å². The number of anilines is 1. The number of aromatic nitrogens is 3. The standard InChI is InChI=1S/C25H24ClF3N6O/c1-14-11-34(23-18-9-16(26)3-4-20(18)31-15(2)19(23)10-30)6-5-17(14)24(36)35-8-7-33-12-21(25(27,28)29)32-22(33)13-35/h3-4,9,12,14,17H,5-8,11,13H2,1-2H3/t14-,17+/m1/s1. The first-order valence-electron chi connectivity index (χ1n) is 11.7. The Morgan fingerprint density at radius 3 is 2.69 bits per heavy atom. The summed E-state index contributed by atoms with van der Waals surface area (Å²) < 4.78 is 40.6. The number of imidazole rings is 1. The summed E-state index contributed by atoms with van der Waals surface area (Å²) in [5.41, 5.74) is 1.72. The fourth-order valence-corrected chi connectivity index (χ4v) is 5.50. The molecule has 2 aromatic heterocycles. The van der Waals surface area contributed by atoms with Crippen LogP contribution >= 0.6 is 11.6 Å². The maximum Gasteiger partial charge on any atom is 0.434 e. The van der Waals surface area contributed by atoms with Crippen molar-refractivity contribution in [3.63, 3.8) is 0 Å². The number of benzene rings is 1. The van der Waals surface area contributed by atoms with Gasteiger partial charge in [0.1, 0.15) is 11.9 Å². The monoisotopic (exact) mass is 516 g/mol. The number of carbonyl (C=O) groups is 1. The molecule has 7 nitrogen and oxygen atoms in total. The Morgan fingerprint density at radius 1 is 1.22 bits per heavy atom. The third-order valence-electron chi connectivity index (χ3n) is 7.16. The second kappa shape index (κ2) is 8.96. The van der Waals surface area contributed by atoms with E-state index in [1.54, 1.807) is 17.9 Å². The van der Waals surface area contributed by atoms with Gasteiger partial charge in [-0.25, -0.2) is 4.98 Å². The molecule has 2 aliphatic rings. The Labute approximate surface area is 211 Å². The number of pyridine rings is 1. The lowest BCUT2D eigenvalue weighted by Crippen LogP contribution is -2.49. The molecule has 0 bridgehead atoms. The summed E-state index contributed by atoms with van der Waals surface area (Å²) in [5.74, 6) is -0.119. The minimum absolute atomic E-state index is 0.0343. The van der Waals surface area contributed by atoms with Crippen LogP contribution in [0.5, 0.6) is 0 Å². The molecule has 4 heterocycles. The van der Waals surface area contributed by atoms with Gasteiger partial charge in [-0.05, 0) is 37.5 Å². The van der Waals surface area contributed by atoms with Crippen LogP contribution in [0.25, 0.3) is 10.9 Å². The molecule has 1 aromatic carbocycles. The van der Waals surface area contributed by atoms with Crippen molar-refractivity contribution in [1.82, 2.24) is 19.4 Å². The molecule has 0 unspecified atom stereocenters. The summed E-state index contributed by atoms with van der Waals surface area (Å²) in [7, 11) is 0. The molecule has 0 N–H and O–H groups in total. The van der Waals surface area contributed by atoms with Gasteiger partial charge in [0.05, 0.1) is 29.0 Å². The van der Waals surface area contributed by atoms with E-state index in [9.17, 15) is 23.2 Å². The Morgan fingerprint density at radius 2 is 2.00 bits per heavy atom. The molecule has 1 fully saturated rings. The first kappa shape index (κ1) is 24.4. The zero-order valence-electron chi connectivity index (χ0n) is 19.8. The number of nitriles is 1. The van der Waals surface area contributed by atoms with Gasteiger partial charge in [0.2, 0.25) is 5.91 Å². The highest BCUT2D eigenvalue weighted by Gasteiger charge is 2.39.